The molecule has 0 aliphatic heterocycles. The van der Waals surface area contributed by atoms with Crippen LogP contribution in [0.15, 0.2) is 11.6 Å². The van der Waals surface area contributed by atoms with Crippen LogP contribution in [0.25, 0.3) is 0 Å². The lowest BCUT2D eigenvalue weighted by atomic mass is 9.85. The summed E-state index contributed by atoms with van der Waals surface area (Å²) in [5, 5.41) is 15.0. The number of carboxylic acids is 1. The van der Waals surface area contributed by atoms with Crippen molar-refractivity contribution in [3.05, 3.63) is 11.6 Å². The van der Waals surface area contributed by atoms with Crippen molar-refractivity contribution in [2.75, 3.05) is 6.54 Å². The van der Waals surface area contributed by atoms with Gasteiger partial charge in [-0.05, 0) is 45.4 Å². The molecule has 5 heteroatoms. The van der Waals surface area contributed by atoms with Crippen LogP contribution in [-0.2, 0) is 4.79 Å². The number of carbonyl (C=O) groups is 2. The van der Waals surface area contributed by atoms with Gasteiger partial charge in [0.2, 0.25) is 0 Å². The molecule has 0 aromatic rings. The topological polar surface area (TPSA) is 78.4 Å². The fourth-order valence-electron chi connectivity index (χ4n) is 3.16. The van der Waals surface area contributed by atoms with Crippen LogP contribution in [0.3, 0.4) is 0 Å². The summed E-state index contributed by atoms with van der Waals surface area (Å²) in [6, 6.07) is -0.520. The number of allylic oxidation sites excluding steroid dienone is 1. The summed E-state index contributed by atoms with van der Waals surface area (Å²) in [6.07, 6.45) is 8.87. The van der Waals surface area contributed by atoms with Gasteiger partial charge in [-0.3, -0.25) is 4.79 Å². The zero-order valence-corrected chi connectivity index (χ0v) is 12.1. The Kier molecular flexibility index (Phi) is 4.68. The predicted molar refractivity (Wildman–Crippen MR) is 76.5 cm³/mol. The minimum atomic E-state index is -0.828. The molecule has 2 amide bonds. The molecule has 0 spiro atoms. The SMILES string of the molecule is CC1(C(=O)O)CCCC1NC(=O)NCCC1=CCCC1. The van der Waals surface area contributed by atoms with Crippen molar-refractivity contribution in [2.45, 2.75) is 57.9 Å². The number of carbonyl (C=O) groups excluding carboxylic acids is 1. The molecular formula is C15H24N2O3. The maximum absolute atomic E-state index is 11.8. The zero-order chi connectivity index (χ0) is 14.6. The number of urea groups is 1. The van der Waals surface area contributed by atoms with E-state index >= 15 is 0 Å². The van der Waals surface area contributed by atoms with Gasteiger partial charge in [0.05, 0.1) is 5.41 Å². The number of hydrogen-bond acceptors (Lipinski definition) is 2. The minimum absolute atomic E-state index is 0.247. The summed E-state index contributed by atoms with van der Waals surface area (Å²) < 4.78 is 0. The summed E-state index contributed by atoms with van der Waals surface area (Å²) >= 11 is 0. The standard InChI is InChI=1S/C15H24N2O3/c1-15(13(18)19)9-4-7-12(15)17-14(20)16-10-8-11-5-2-3-6-11/h5,12H,2-4,6-10H2,1H3,(H,18,19)(H2,16,17,20). The van der Waals surface area contributed by atoms with Crippen LogP contribution >= 0.6 is 0 Å². The molecule has 2 aliphatic rings. The minimum Gasteiger partial charge on any atom is -0.481 e. The molecule has 0 saturated heterocycles. The van der Waals surface area contributed by atoms with Gasteiger partial charge in [0, 0.05) is 12.6 Å². The van der Waals surface area contributed by atoms with Gasteiger partial charge in [0.15, 0.2) is 0 Å². The lowest BCUT2D eigenvalue weighted by Gasteiger charge is -2.27. The first kappa shape index (κ1) is 14.9. The van der Waals surface area contributed by atoms with Gasteiger partial charge >= 0.3 is 12.0 Å². The van der Waals surface area contributed by atoms with Gasteiger partial charge in [-0.25, -0.2) is 4.79 Å². The number of amides is 2. The summed E-state index contributed by atoms with van der Waals surface area (Å²) in [7, 11) is 0. The first-order valence-electron chi connectivity index (χ1n) is 7.48. The van der Waals surface area contributed by atoms with E-state index in [1.807, 2.05) is 0 Å². The van der Waals surface area contributed by atoms with Crippen molar-refractivity contribution in [2.24, 2.45) is 5.41 Å². The fourth-order valence-corrected chi connectivity index (χ4v) is 3.16. The molecule has 0 radical (unpaired) electrons. The van der Waals surface area contributed by atoms with Crippen molar-refractivity contribution in [3.63, 3.8) is 0 Å². The maximum Gasteiger partial charge on any atom is 0.315 e. The highest BCUT2D eigenvalue weighted by Gasteiger charge is 2.45. The Labute approximate surface area is 119 Å². The first-order chi connectivity index (χ1) is 9.52. The van der Waals surface area contributed by atoms with Crippen LogP contribution in [0.4, 0.5) is 4.79 Å². The van der Waals surface area contributed by atoms with E-state index in [0.717, 1.165) is 32.1 Å². The Hall–Kier alpha value is -1.52. The lowest BCUT2D eigenvalue weighted by molar-refractivity contribution is -0.148. The molecule has 5 nitrogen and oxygen atoms in total. The molecule has 1 saturated carbocycles. The molecule has 2 rings (SSSR count). The molecule has 2 unspecified atom stereocenters. The summed E-state index contributed by atoms with van der Waals surface area (Å²) in [4.78, 5) is 23.2. The molecule has 1 fully saturated rings. The van der Waals surface area contributed by atoms with Crippen LogP contribution in [0.5, 0.6) is 0 Å². The smallest absolute Gasteiger partial charge is 0.315 e. The summed E-state index contributed by atoms with van der Waals surface area (Å²) in [5.41, 5.74) is 0.590. The van der Waals surface area contributed by atoms with Crippen LogP contribution < -0.4 is 10.6 Å². The van der Waals surface area contributed by atoms with Gasteiger partial charge in [-0.1, -0.05) is 18.1 Å². The second-order valence-electron chi connectivity index (χ2n) is 6.07. The van der Waals surface area contributed by atoms with E-state index in [9.17, 15) is 14.7 Å². The average Bonchev–Trinajstić information content (AvgIpc) is 3.01. The molecule has 0 aromatic heterocycles. The van der Waals surface area contributed by atoms with E-state index in [-0.39, 0.29) is 12.1 Å². The summed E-state index contributed by atoms with van der Waals surface area (Å²) in [5.74, 6) is -0.823. The molecule has 0 heterocycles. The maximum atomic E-state index is 11.8. The number of aliphatic carboxylic acids is 1. The third-order valence-electron chi connectivity index (χ3n) is 4.62. The molecule has 2 atom stereocenters. The van der Waals surface area contributed by atoms with Crippen LogP contribution in [0, 0.1) is 5.41 Å². The number of carboxylic acid groups (broad SMARTS) is 1. The molecular weight excluding hydrogens is 256 g/mol. The van der Waals surface area contributed by atoms with Gasteiger partial charge in [-0.15, -0.1) is 0 Å². The van der Waals surface area contributed by atoms with Gasteiger partial charge < -0.3 is 15.7 Å². The first-order valence-corrected chi connectivity index (χ1v) is 7.48. The third kappa shape index (κ3) is 3.32. The molecule has 2 aliphatic carbocycles. The summed E-state index contributed by atoms with van der Waals surface area (Å²) in [6.45, 7) is 2.34. The van der Waals surface area contributed by atoms with Crippen LogP contribution in [0.2, 0.25) is 0 Å². The fraction of sp³-hybridized carbons (Fsp3) is 0.733. The molecule has 20 heavy (non-hydrogen) atoms. The molecule has 0 bridgehead atoms. The van der Waals surface area contributed by atoms with Crippen LogP contribution in [0.1, 0.15) is 51.9 Å². The van der Waals surface area contributed by atoms with Gasteiger partial charge in [-0.2, -0.15) is 0 Å². The average molecular weight is 280 g/mol. The van der Waals surface area contributed by atoms with Crippen LogP contribution in [-0.4, -0.2) is 29.7 Å². The molecule has 0 aromatic carbocycles. The normalized spacial score (nSPS) is 29.1. The monoisotopic (exact) mass is 280 g/mol. The molecule has 3 N–H and O–H groups in total. The third-order valence-corrected chi connectivity index (χ3v) is 4.62. The quantitative estimate of drug-likeness (QED) is 0.677. The highest BCUT2D eigenvalue weighted by molar-refractivity contribution is 5.79. The van der Waals surface area contributed by atoms with E-state index in [0.29, 0.717) is 13.0 Å². The number of nitrogens with one attached hydrogen (secondary N) is 2. The van der Waals surface area contributed by atoms with E-state index in [4.69, 9.17) is 0 Å². The Morgan fingerprint density at radius 3 is 2.90 bits per heavy atom. The van der Waals surface area contributed by atoms with E-state index in [2.05, 4.69) is 16.7 Å². The van der Waals surface area contributed by atoms with Crippen molar-refractivity contribution >= 4 is 12.0 Å². The number of rotatable bonds is 5. The van der Waals surface area contributed by atoms with E-state index < -0.39 is 11.4 Å². The van der Waals surface area contributed by atoms with Crippen molar-refractivity contribution in [1.29, 1.82) is 0 Å². The zero-order valence-electron chi connectivity index (χ0n) is 12.1. The Morgan fingerprint density at radius 2 is 2.25 bits per heavy atom. The Balaban J connectivity index is 1.75. The largest absolute Gasteiger partial charge is 0.481 e. The highest BCUT2D eigenvalue weighted by Crippen LogP contribution is 2.38. The van der Waals surface area contributed by atoms with E-state index in [1.54, 1.807) is 6.92 Å². The molecule has 112 valence electrons. The van der Waals surface area contributed by atoms with E-state index in [1.165, 1.54) is 12.0 Å². The predicted octanol–water partition coefficient (Wildman–Crippen LogP) is 2.43. The Morgan fingerprint density at radius 1 is 1.45 bits per heavy atom. The van der Waals surface area contributed by atoms with Gasteiger partial charge in [0.1, 0.15) is 0 Å². The van der Waals surface area contributed by atoms with Gasteiger partial charge in [0.25, 0.3) is 0 Å². The van der Waals surface area contributed by atoms with Crippen molar-refractivity contribution in [3.8, 4) is 0 Å². The number of hydrogen-bond donors (Lipinski definition) is 3. The second-order valence-corrected chi connectivity index (χ2v) is 6.07. The second kappa shape index (κ2) is 6.29. The lowest BCUT2D eigenvalue weighted by Crippen LogP contribution is -2.50. The van der Waals surface area contributed by atoms with Crippen molar-refractivity contribution < 1.29 is 14.7 Å². The highest BCUT2D eigenvalue weighted by atomic mass is 16.4. The Bertz CT molecular complexity index is 419. The van der Waals surface area contributed by atoms with Crippen molar-refractivity contribution in [1.82, 2.24) is 10.6 Å².